The lowest BCUT2D eigenvalue weighted by Gasteiger charge is -2.24. The van der Waals surface area contributed by atoms with Crippen LogP contribution in [0.3, 0.4) is 0 Å². The van der Waals surface area contributed by atoms with E-state index in [1.807, 2.05) is 0 Å². The van der Waals surface area contributed by atoms with Gasteiger partial charge in [0, 0.05) is 6.42 Å². The molecule has 350 valence electrons. The molecule has 0 saturated carbocycles. The standard InChI is InChI=1S/C54H99NO5/c1-4-7-10-13-16-19-22-25-26-27-29-31-34-37-40-43-46-52(57)51(49-56)55-53(58)48-50(45-42-39-36-33-30-28-23-20-17-14-11-8-5-2)60-54(59)47-44-41-38-35-32-24-21-18-15-12-9-6-3/h8,11,14,17-18,20-21,23,50-52,56-57H,4-7,9-10,12-13,15-16,19,22,24-49H2,1-3H3,(H,55,58)/b11-8+,17-14+,21-18-,23-20+. The van der Waals surface area contributed by atoms with Crippen molar-refractivity contribution in [1.29, 1.82) is 0 Å². The molecule has 1 amide bonds. The van der Waals surface area contributed by atoms with Crippen LogP contribution in [-0.4, -0.2) is 46.9 Å². The number of esters is 1. The van der Waals surface area contributed by atoms with Crippen molar-refractivity contribution in [1.82, 2.24) is 5.32 Å². The van der Waals surface area contributed by atoms with Crippen LogP contribution in [0.1, 0.15) is 258 Å². The molecule has 3 unspecified atom stereocenters. The summed E-state index contributed by atoms with van der Waals surface area (Å²) in [6.45, 7) is 6.33. The van der Waals surface area contributed by atoms with Crippen molar-refractivity contribution < 1.29 is 24.5 Å². The molecule has 0 rings (SSSR count). The van der Waals surface area contributed by atoms with Crippen molar-refractivity contribution in [3.05, 3.63) is 48.6 Å². The second-order valence-corrected chi connectivity index (χ2v) is 17.6. The molecule has 0 saturated heterocycles. The SMILES string of the molecule is CC/C=C/C=C/C=C/CCCCCCCC(CC(=O)NC(CO)C(O)CCCCCCCCCCCCCCCCCC)OC(=O)CCCCCCC/C=C\CCCCC. The Hall–Kier alpha value is -2.18. The predicted octanol–water partition coefficient (Wildman–Crippen LogP) is 15.5. The lowest BCUT2D eigenvalue weighted by atomic mass is 10.0. The summed E-state index contributed by atoms with van der Waals surface area (Å²) in [5, 5.41) is 23.8. The van der Waals surface area contributed by atoms with Crippen molar-refractivity contribution in [2.24, 2.45) is 0 Å². The lowest BCUT2D eigenvalue weighted by Crippen LogP contribution is -2.46. The van der Waals surface area contributed by atoms with Gasteiger partial charge in [-0.1, -0.05) is 223 Å². The van der Waals surface area contributed by atoms with E-state index in [1.165, 1.54) is 122 Å². The van der Waals surface area contributed by atoms with E-state index in [1.54, 1.807) is 0 Å². The molecule has 0 fully saturated rings. The minimum absolute atomic E-state index is 0.0612. The van der Waals surface area contributed by atoms with Crippen molar-refractivity contribution in [3.8, 4) is 0 Å². The summed E-state index contributed by atoms with van der Waals surface area (Å²) in [4.78, 5) is 26.1. The van der Waals surface area contributed by atoms with Crippen LogP contribution in [0.4, 0.5) is 0 Å². The molecular formula is C54H99NO5. The van der Waals surface area contributed by atoms with Gasteiger partial charge in [0.2, 0.25) is 5.91 Å². The molecule has 3 N–H and O–H groups in total. The fourth-order valence-corrected chi connectivity index (χ4v) is 7.78. The highest BCUT2D eigenvalue weighted by atomic mass is 16.5. The molecule has 0 aromatic rings. The molecule has 0 aliphatic heterocycles. The number of amides is 1. The normalized spacial score (nSPS) is 13.6. The molecular weight excluding hydrogens is 743 g/mol. The van der Waals surface area contributed by atoms with Gasteiger partial charge in [0.25, 0.3) is 0 Å². The minimum Gasteiger partial charge on any atom is -0.462 e. The minimum atomic E-state index is -0.794. The van der Waals surface area contributed by atoms with E-state index in [2.05, 4.69) is 74.7 Å². The van der Waals surface area contributed by atoms with E-state index in [4.69, 9.17) is 4.74 Å². The fraction of sp³-hybridized carbons (Fsp3) is 0.815. The number of hydrogen-bond acceptors (Lipinski definition) is 5. The van der Waals surface area contributed by atoms with E-state index in [9.17, 15) is 19.8 Å². The van der Waals surface area contributed by atoms with Gasteiger partial charge in [-0.15, -0.1) is 0 Å². The quantitative estimate of drug-likeness (QED) is 0.0246. The van der Waals surface area contributed by atoms with Gasteiger partial charge in [-0.3, -0.25) is 9.59 Å². The Morgan fingerprint density at radius 1 is 0.500 bits per heavy atom. The monoisotopic (exact) mass is 842 g/mol. The number of ether oxygens (including phenoxy) is 1. The summed E-state index contributed by atoms with van der Waals surface area (Å²) in [6.07, 6.45) is 57.4. The Kier molecular flexibility index (Phi) is 46.1. The summed E-state index contributed by atoms with van der Waals surface area (Å²) >= 11 is 0. The Labute approximate surface area is 372 Å². The Morgan fingerprint density at radius 2 is 0.917 bits per heavy atom. The maximum atomic E-state index is 13.2. The summed E-state index contributed by atoms with van der Waals surface area (Å²) in [5.74, 6) is -0.501. The molecule has 6 nitrogen and oxygen atoms in total. The van der Waals surface area contributed by atoms with Crippen LogP contribution in [0.25, 0.3) is 0 Å². The number of carbonyl (C=O) groups is 2. The zero-order chi connectivity index (χ0) is 43.8. The first-order chi connectivity index (χ1) is 29.5. The van der Waals surface area contributed by atoms with E-state index < -0.39 is 18.2 Å². The molecule has 0 radical (unpaired) electrons. The third-order valence-corrected chi connectivity index (χ3v) is 11.7. The first-order valence-corrected chi connectivity index (χ1v) is 25.9. The molecule has 6 heteroatoms. The number of unbranched alkanes of at least 4 members (excludes halogenated alkanes) is 28. The summed E-state index contributed by atoms with van der Waals surface area (Å²) in [7, 11) is 0. The fourth-order valence-electron chi connectivity index (χ4n) is 7.78. The predicted molar refractivity (Wildman–Crippen MR) is 259 cm³/mol. The summed E-state index contributed by atoms with van der Waals surface area (Å²) in [5.41, 5.74) is 0. The van der Waals surface area contributed by atoms with Crippen LogP contribution in [-0.2, 0) is 14.3 Å². The van der Waals surface area contributed by atoms with E-state index in [-0.39, 0.29) is 24.9 Å². The number of carbonyl (C=O) groups excluding carboxylic acids is 2. The van der Waals surface area contributed by atoms with Crippen LogP contribution >= 0.6 is 0 Å². The topological polar surface area (TPSA) is 95.9 Å². The molecule has 0 aliphatic carbocycles. The van der Waals surface area contributed by atoms with Crippen LogP contribution in [0.2, 0.25) is 0 Å². The third kappa shape index (κ3) is 42.5. The third-order valence-electron chi connectivity index (χ3n) is 11.7. The second-order valence-electron chi connectivity index (χ2n) is 17.6. The van der Waals surface area contributed by atoms with Gasteiger partial charge in [-0.2, -0.15) is 0 Å². The van der Waals surface area contributed by atoms with Crippen LogP contribution in [0.15, 0.2) is 48.6 Å². The number of rotatable bonds is 46. The van der Waals surface area contributed by atoms with Gasteiger partial charge in [-0.25, -0.2) is 0 Å². The van der Waals surface area contributed by atoms with Gasteiger partial charge in [0.1, 0.15) is 6.10 Å². The zero-order valence-electron chi connectivity index (χ0n) is 39.8. The first-order valence-electron chi connectivity index (χ1n) is 25.9. The number of aliphatic hydroxyl groups excluding tert-OH is 2. The molecule has 60 heavy (non-hydrogen) atoms. The maximum absolute atomic E-state index is 13.2. The average molecular weight is 842 g/mol. The van der Waals surface area contributed by atoms with Crippen molar-refractivity contribution >= 4 is 11.9 Å². The summed E-state index contributed by atoms with van der Waals surface area (Å²) < 4.78 is 5.91. The van der Waals surface area contributed by atoms with E-state index in [0.717, 1.165) is 89.9 Å². The largest absolute Gasteiger partial charge is 0.462 e. The van der Waals surface area contributed by atoms with E-state index in [0.29, 0.717) is 19.3 Å². The Morgan fingerprint density at radius 3 is 1.43 bits per heavy atom. The van der Waals surface area contributed by atoms with Crippen LogP contribution in [0, 0.1) is 0 Å². The molecule has 0 bridgehead atoms. The molecule has 0 heterocycles. The maximum Gasteiger partial charge on any atom is 0.306 e. The zero-order valence-corrected chi connectivity index (χ0v) is 39.8. The smallest absolute Gasteiger partial charge is 0.306 e. The van der Waals surface area contributed by atoms with Gasteiger partial charge < -0.3 is 20.3 Å². The Balaban J connectivity index is 4.55. The van der Waals surface area contributed by atoms with Crippen molar-refractivity contribution in [2.45, 2.75) is 277 Å². The highest BCUT2D eigenvalue weighted by Gasteiger charge is 2.24. The van der Waals surface area contributed by atoms with Crippen molar-refractivity contribution in [2.75, 3.05) is 6.61 Å². The molecule has 3 atom stereocenters. The van der Waals surface area contributed by atoms with Gasteiger partial charge in [0.05, 0.1) is 25.2 Å². The Bertz CT molecular complexity index is 1040. The first kappa shape index (κ1) is 57.8. The van der Waals surface area contributed by atoms with Gasteiger partial charge in [-0.05, 0) is 70.6 Å². The van der Waals surface area contributed by atoms with Crippen LogP contribution in [0.5, 0.6) is 0 Å². The number of nitrogens with one attached hydrogen (secondary N) is 1. The van der Waals surface area contributed by atoms with Gasteiger partial charge in [0.15, 0.2) is 0 Å². The molecule has 0 aromatic heterocycles. The number of aliphatic hydroxyl groups is 2. The molecule has 0 aromatic carbocycles. The number of allylic oxidation sites excluding steroid dienone is 8. The lowest BCUT2D eigenvalue weighted by molar-refractivity contribution is -0.151. The highest BCUT2D eigenvalue weighted by Crippen LogP contribution is 2.18. The second kappa shape index (κ2) is 47.9. The number of hydrogen-bond donors (Lipinski definition) is 3. The van der Waals surface area contributed by atoms with Crippen LogP contribution < -0.4 is 5.32 Å². The molecule has 0 aliphatic rings. The summed E-state index contributed by atoms with van der Waals surface area (Å²) in [6, 6.07) is -0.709. The van der Waals surface area contributed by atoms with E-state index >= 15 is 0 Å². The van der Waals surface area contributed by atoms with Gasteiger partial charge >= 0.3 is 5.97 Å². The highest BCUT2D eigenvalue weighted by molar-refractivity contribution is 5.77. The molecule has 0 spiro atoms. The average Bonchev–Trinajstić information content (AvgIpc) is 3.24. The van der Waals surface area contributed by atoms with Crippen molar-refractivity contribution in [3.63, 3.8) is 0 Å².